The summed E-state index contributed by atoms with van der Waals surface area (Å²) < 4.78 is 7.24. The van der Waals surface area contributed by atoms with Gasteiger partial charge in [-0.25, -0.2) is 9.97 Å². The van der Waals surface area contributed by atoms with Crippen LogP contribution in [0.3, 0.4) is 0 Å². The van der Waals surface area contributed by atoms with E-state index < -0.39 is 0 Å². The third-order valence-electron chi connectivity index (χ3n) is 3.24. The number of carbonyl (C=O) groups is 1. The van der Waals surface area contributed by atoms with E-state index in [0.29, 0.717) is 28.9 Å². The highest BCUT2D eigenvalue weighted by atomic mass is 16.3. The van der Waals surface area contributed by atoms with Crippen LogP contribution >= 0.6 is 0 Å². The summed E-state index contributed by atoms with van der Waals surface area (Å²) in [5.41, 5.74) is 1.43. The smallest absolute Gasteiger partial charge is 0.230 e. The fraction of sp³-hybridized carbons (Fsp3) is 0.231. The second kappa shape index (κ2) is 3.66. The van der Waals surface area contributed by atoms with Crippen LogP contribution in [0.2, 0.25) is 0 Å². The van der Waals surface area contributed by atoms with Gasteiger partial charge in [-0.15, -0.1) is 5.10 Å². The molecule has 0 radical (unpaired) electrons. The predicted molar refractivity (Wildman–Crippen MR) is 70.3 cm³/mol. The Kier molecular flexibility index (Phi) is 2.04. The maximum Gasteiger partial charge on any atom is 0.230 e. The zero-order chi connectivity index (χ0) is 13.9. The first-order valence-corrected chi connectivity index (χ1v) is 6.25. The van der Waals surface area contributed by atoms with E-state index in [9.17, 15) is 4.79 Å². The van der Waals surface area contributed by atoms with Crippen molar-refractivity contribution in [2.45, 2.75) is 20.3 Å². The highest BCUT2D eigenvalue weighted by molar-refractivity contribution is 6.00. The Balaban J connectivity index is 2.07. The fourth-order valence-electron chi connectivity index (χ4n) is 2.40. The Bertz CT molecular complexity index is 861. The molecule has 0 saturated heterocycles. The standard InChI is InChI=1S/C13H11N5O2/c1-6-3-4-9(20-6)13-16-11-8(5-10(19)15-11)12-14-7(2)17-18(12)13/h3-4H,5H2,1-2H3,(H,15,19). The van der Waals surface area contributed by atoms with Crippen LogP contribution in [0.5, 0.6) is 0 Å². The van der Waals surface area contributed by atoms with E-state index >= 15 is 0 Å². The number of furan rings is 1. The number of nitrogens with zero attached hydrogens (tertiary/aromatic N) is 4. The van der Waals surface area contributed by atoms with Gasteiger partial charge in [-0.05, 0) is 26.0 Å². The molecule has 7 nitrogen and oxygen atoms in total. The first-order chi connectivity index (χ1) is 9.61. The minimum Gasteiger partial charge on any atom is -0.458 e. The van der Waals surface area contributed by atoms with E-state index in [-0.39, 0.29) is 12.3 Å². The first kappa shape index (κ1) is 11.2. The Hall–Kier alpha value is -2.70. The summed E-state index contributed by atoms with van der Waals surface area (Å²) in [5.74, 6) is 3.01. The van der Waals surface area contributed by atoms with Crippen LogP contribution in [0.1, 0.15) is 17.1 Å². The molecule has 4 heterocycles. The molecule has 1 aliphatic rings. The van der Waals surface area contributed by atoms with Crippen molar-refractivity contribution in [1.29, 1.82) is 0 Å². The number of anilines is 1. The van der Waals surface area contributed by atoms with Crippen LogP contribution in [0.4, 0.5) is 5.82 Å². The van der Waals surface area contributed by atoms with Crippen LogP contribution in [0, 0.1) is 13.8 Å². The summed E-state index contributed by atoms with van der Waals surface area (Å²) in [7, 11) is 0. The molecule has 4 rings (SSSR count). The Morgan fingerprint density at radius 3 is 2.90 bits per heavy atom. The number of carbonyl (C=O) groups excluding carboxylic acids is 1. The van der Waals surface area contributed by atoms with Gasteiger partial charge in [-0.3, -0.25) is 4.79 Å². The van der Waals surface area contributed by atoms with Crippen LogP contribution in [0.15, 0.2) is 16.5 Å². The summed E-state index contributed by atoms with van der Waals surface area (Å²) >= 11 is 0. The van der Waals surface area contributed by atoms with Gasteiger partial charge in [-0.1, -0.05) is 0 Å². The molecule has 7 heteroatoms. The van der Waals surface area contributed by atoms with Crippen molar-refractivity contribution in [3.8, 4) is 11.6 Å². The van der Waals surface area contributed by atoms with E-state index in [2.05, 4.69) is 20.4 Å². The lowest BCUT2D eigenvalue weighted by Gasteiger charge is -2.04. The van der Waals surface area contributed by atoms with Crippen LogP contribution < -0.4 is 5.32 Å². The lowest BCUT2D eigenvalue weighted by molar-refractivity contribution is -0.115. The van der Waals surface area contributed by atoms with E-state index in [4.69, 9.17) is 4.42 Å². The summed E-state index contributed by atoms with van der Waals surface area (Å²) in [4.78, 5) is 20.4. The number of fused-ring (bicyclic) bond motifs is 3. The van der Waals surface area contributed by atoms with Gasteiger partial charge in [0.1, 0.15) is 17.4 Å². The molecule has 0 atom stereocenters. The van der Waals surface area contributed by atoms with Gasteiger partial charge < -0.3 is 9.73 Å². The third kappa shape index (κ3) is 1.46. The summed E-state index contributed by atoms with van der Waals surface area (Å²) in [6.45, 7) is 3.67. The van der Waals surface area contributed by atoms with Gasteiger partial charge in [0, 0.05) is 5.56 Å². The number of rotatable bonds is 1. The van der Waals surface area contributed by atoms with E-state index in [1.807, 2.05) is 19.1 Å². The van der Waals surface area contributed by atoms with E-state index in [1.54, 1.807) is 11.4 Å². The molecular weight excluding hydrogens is 258 g/mol. The maximum atomic E-state index is 11.6. The molecule has 0 unspecified atom stereocenters. The molecule has 0 aromatic carbocycles. The molecule has 0 saturated carbocycles. The second-order valence-electron chi connectivity index (χ2n) is 4.79. The lowest BCUT2D eigenvalue weighted by Crippen LogP contribution is -2.05. The van der Waals surface area contributed by atoms with Crippen molar-refractivity contribution < 1.29 is 9.21 Å². The molecule has 1 aliphatic heterocycles. The Morgan fingerprint density at radius 1 is 1.30 bits per heavy atom. The van der Waals surface area contributed by atoms with Gasteiger partial charge in [0.2, 0.25) is 11.7 Å². The molecule has 1 amide bonds. The molecule has 3 aromatic heterocycles. The molecule has 0 bridgehead atoms. The zero-order valence-corrected chi connectivity index (χ0v) is 11.0. The number of amides is 1. The summed E-state index contributed by atoms with van der Waals surface area (Å²) in [6.07, 6.45) is 0.279. The third-order valence-corrected chi connectivity index (χ3v) is 3.24. The first-order valence-electron chi connectivity index (χ1n) is 6.25. The summed E-state index contributed by atoms with van der Waals surface area (Å²) in [6, 6.07) is 3.69. The monoisotopic (exact) mass is 269 g/mol. The SMILES string of the molecule is Cc1nc2c3c(nc(-c4ccc(C)o4)n2n1)NC(=O)C3. The van der Waals surface area contributed by atoms with Crippen LogP contribution in [0.25, 0.3) is 17.2 Å². The minimum absolute atomic E-state index is 0.0807. The Morgan fingerprint density at radius 2 is 2.15 bits per heavy atom. The number of nitrogens with one attached hydrogen (secondary N) is 1. The van der Waals surface area contributed by atoms with Gasteiger partial charge in [-0.2, -0.15) is 4.52 Å². The molecule has 0 fully saturated rings. The number of aromatic nitrogens is 4. The summed E-state index contributed by atoms with van der Waals surface area (Å²) in [5, 5.41) is 7.09. The lowest BCUT2D eigenvalue weighted by atomic mass is 10.2. The van der Waals surface area contributed by atoms with Gasteiger partial charge >= 0.3 is 0 Å². The maximum absolute atomic E-state index is 11.6. The molecule has 0 spiro atoms. The molecular formula is C13H11N5O2. The second-order valence-corrected chi connectivity index (χ2v) is 4.79. The van der Waals surface area contributed by atoms with Crippen molar-refractivity contribution in [2.24, 2.45) is 0 Å². The van der Waals surface area contributed by atoms with Gasteiger partial charge in [0.05, 0.1) is 6.42 Å². The molecule has 1 N–H and O–H groups in total. The van der Waals surface area contributed by atoms with Crippen molar-refractivity contribution in [3.63, 3.8) is 0 Å². The van der Waals surface area contributed by atoms with Crippen molar-refractivity contribution >= 4 is 17.4 Å². The predicted octanol–water partition coefficient (Wildman–Crippen LogP) is 1.50. The van der Waals surface area contributed by atoms with E-state index in [1.165, 1.54) is 0 Å². The average molecular weight is 269 g/mol. The van der Waals surface area contributed by atoms with Crippen molar-refractivity contribution in [1.82, 2.24) is 19.6 Å². The fourth-order valence-corrected chi connectivity index (χ4v) is 2.40. The molecule has 0 aliphatic carbocycles. The quantitative estimate of drug-likeness (QED) is 0.723. The highest BCUT2D eigenvalue weighted by Gasteiger charge is 2.26. The molecule has 20 heavy (non-hydrogen) atoms. The van der Waals surface area contributed by atoms with Crippen molar-refractivity contribution in [3.05, 3.63) is 29.3 Å². The zero-order valence-electron chi connectivity index (χ0n) is 11.0. The molecule has 100 valence electrons. The highest BCUT2D eigenvalue weighted by Crippen LogP contribution is 2.29. The van der Waals surface area contributed by atoms with Gasteiger partial charge in [0.25, 0.3) is 0 Å². The molecule has 3 aromatic rings. The van der Waals surface area contributed by atoms with Crippen LogP contribution in [-0.4, -0.2) is 25.5 Å². The largest absolute Gasteiger partial charge is 0.458 e. The van der Waals surface area contributed by atoms with Crippen molar-refractivity contribution in [2.75, 3.05) is 5.32 Å². The average Bonchev–Trinajstić information content (AvgIpc) is 3.05. The van der Waals surface area contributed by atoms with Gasteiger partial charge in [0.15, 0.2) is 11.4 Å². The van der Waals surface area contributed by atoms with E-state index in [0.717, 1.165) is 11.3 Å². The van der Waals surface area contributed by atoms with Crippen LogP contribution in [-0.2, 0) is 11.2 Å². The number of aryl methyl sites for hydroxylation is 2. The minimum atomic E-state index is -0.0807. The number of hydrogen-bond acceptors (Lipinski definition) is 5. The topological polar surface area (TPSA) is 85.3 Å². The Labute approximate surface area is 113 Å². The number of hydrogen-bond donors (Lipinski definition) is 1. The normalized spacial score (nSPS) is 13.8.